The number of piperidine rings is 1. The van der Waals surface area contributed by atoms with Crippen LogP contribution in [0.4, 0.5) is 0 Å². The van der Waals surface area contributed by atoms with Crippen LogP contribution in [0.5, 0.6) is 5.75 Å². The topological polar surface area (TPSA) is 63.9 Å². The molecule has 1 aliphatic heterocycles. The van der Waals surface area contributed by atoms with Crippen LogP contribution in [-0.2, 0) is 0 Å². The van der Waals surface area contributed by atoms with E-state index in [0.717, 1.165) is 24.2 Å². The number of carbonyl (C=O) groups excluding carboxylic acids is 1. The maximum atomic E-state index is 12.9. The van der Waals surface area contributed by atoms with Crippen molar-refractivity contribution in [1.29, 1.82) is 0 Å². The lowest BCUT2D eigenvalue weighted by Gasteiger charge is -2.32. The van der Waals surface area contributed by atoms with Gasteiger partial charge < -0.3 is 9.64 Å². The number of fused-ring (bicyclic) bond motifs is 1. The molecule has 6 nitrogen and oxygen atoms in total. The molecule has 1 aliphatic rings. The number of thiazole rings is 1. The zero-order valence-corrected chi connectivity index (χ0v) is 15.9. The lowest BCUT2D eigenvalue weighted by molar-refractivity contribution is 0.0631. The second-order valence-electron chi connectivity index (χ2n) is 6.92. The van der Waals surface area contributed by atoms with Crippen LogP contribution in [0, 0.1) is 12.8 Å². The van der Waals surface area contributed by atoms with Crippen molar-refractivity contribution < 1.29 is 9.53 Å². The number of benzene rings is 1. The molecular formula is C20H21N3O3S. The minimum atomic E-state index is -0.301. The van der Waals surface area contributed by atoms with Gasteiger partial charge in [0.2, 0.25) is 0 Å². The first-order chi connectivity index (χ1) is 13.1. The van der Waals surface area contributed by atoms with Crippen molar-refractivity contribution in [2.45, 2.75) is 19.8 Å². The Morgan fingerprint density at radius 3 is 3.15 bits per heavy atom. The molecular weight excluding hydrogens is 362 g/mol. The number of rotatable bonds is 4. The molecule has 0 saturated carbocycles. The fraction of sp³-hybridized carbons (Fsp3) is 0.350. The Bertz CT molecular complexity index is 1030. The number of carbonyl (C=O) groups is 1. The molecule has 1 aromatic carbocycles. The minimum Gasteiger partial charge on any atom is -0.493 e. The van der Waals surface area contributed by atoms with Gasteiger partial charge in [0, 0.05) is 36.8 Å². The molecule has 0 radical (unpaired) electrons. The quantitative estimate of drug-likeness (QED) is 0.695. The molecule has 1 fully saturated rings. The fourth-order valence-corrected chi connectivity index (χ4v) is 4.12. The summed E-state index contributed by atoms with van der Waals surface area (Å²) in [7, 11) is 0. The highest BCUT2D eigenvalue weighted by molar-refractivity contribution is 7.15. The van der Waals surface area contributed by atoms with Crippen molar-refractivity contribution in [2.24, 2.45) is 5.92 Å². The van der Waals surface area contributed by atoms with Gasteiger partial charge in [0.05, 0.1) is 6.61 Å². The van der Waals surface area contributed by atoms with Gasteiger partial charge in [-0.2, -0.15) is 0 Å². The van der Waals surface area contributed by atoms with Gasteiger partial charge in [-0.15, -0.1) is 11.3 Å². The summed E-state index contributed by atoms with van der Waals surface area (Å²) in [5.41, 5.74) is 0.986. The number of hydrogen-bond acceptors (Lipinski definition) is 5. The Hall–Kier alpha value is -2.67. The van der Waals surface area contributed by atoms with Crippen LogP contribution in [0.15, 0.2) is 46.8 Å². The minimum absolute atomic E-state index is 0.131. The molecule has 27 heavy (non-hydrogen) atoms. The van der Waals surface area contributed by atoms with Crippen LogP contribution in [-0.4, -0.2) is 39.9 Å². The van der Waals surface area contributed by atoms with E-state index >= 15 is 0 Å². The van der Waals surface area contributed by atoms with Gasteiger partial charge in [-0.25, -0.2) is 4.98 Å². The van der Waals surface area contributed by atoms with E-state index in [0.29, 0.717) is 24.7 Å². The molecule has 0 bridgehead atoms. The molecule has 0 N–H and O–H groups in total. The molecule has 0 unspecified atom stereocenters. The van der Waals surface area contributed by atoms with Crippen LogP contribution >= 0.6 is 11.3 Å². The molecule has 1 atom stereocenters. The summed E-state index contributed by atoms with van der Waals surface area (Å²) in [6, 6.07) is 7.96. The van der Waals surface area contributed by atoms with Crippen molar-refractivity contribution in [1.82, 2.24) is 14.3 Å². The lowest BCUT2D eigenvalue weighted by atomic mass is 9.98. The van der Waals surface area contributed by atoms with Gasteiger partial charge in [-0.1, -0.05) is 12.1 Å². The number of aryl methyl sites for hydroxylation is 1. The van der Waals surface area contributed by atoms with Crippen molar-refractivity contribution in [3.8, 4) is 5.75 Å². The maximum absolute atomic E-state index is 12.9. The first-order valence-corrected chi connectivity index (χ1v) is 9.93. The number of amides is 1. The predicted molar refractivity (Wildman–Crippen MR) is 105 cm³/mol. The van der Waals surface area contributed by atoms with E-state index < -0.39 is 0 Å². The highest BCUT2D eigenvalue weighted by Crippen LogP contribution is 2.20. The van der Waals surface area contributed by atoms with E-state index in [9.17, 15) is 9.59 Å². The molecule has 140 valence electrons. The Morgan fingerprint density at radius 1 is 1.41 bits per heavy atom. The molecule has 7 heteroatoms. The van der Waals surface area contributed by atoms with Crippen molar-refractivity contribution in [3.05, 3.63) is 63.5 Å². The Kier molecular flexibility index (Phi) is 4.94. The van der Waals surface area contributed by atoms with E-state index in [4.69, 9.17) is 4.74 Å². The third-order valence-corrected chi connectivity index (χ3v) is 5.63. The maximum Gasteiger partial charge on any atom is 0.271 e. The average molecular weight is 383 g/mol. The first-order valence-electron chi connectivity index (χ1n) is 9.05. The number of aromatic nitrogens is 2. The summed E-state index contributed by atoms with van der Waals surface area (Å²) in [4.78, 5) is 32.0. The molecule has 3 aromatic rings. The van der Waals surface area contributed by atoms with E-state index in [2.05, 4.69) is 4.98 Å². The van der Waals surface area contributed by atoms with Crippen LogP contribution in [0.3, 0.4) is 0 Å². The van der Waals surface area contributed by atoms with Gasteiger partial charge in [-0.3, -0.25) is 14.0 Å². The highest BCUT2D eigenvalue weighted by Gasteiger charge is 2.27. The van der Waals surface area contributed by atoms with Gasteiger partial charge in [0.15, 0.2) is 4.96 Å². The zero-order chi connectivity index (χ0) is 18.8. The zero-order valence-electron chi connectivity index (χ0n) is 15.1. The van der Waals surface area contributed by atoms with Crippen LogP contribution < -0.4 is 10.3 Å². The van der Waals surface area contributed by atoms with Gasteiger partial charge >= 0.3 is 0 Å². The van der Waals surface area contributed by atoms with Crippen molar-refractivity contribution in [2.75, 3.05) is 19.7 Å². The molecule has 3 heterocycles. The second kappa shape index (κ2) is 7.52. The standard InChI is InChI=1S/C20H21N3O3S/c1-14-4-2-6-16(10-14)26-13-15-5-3-7-22(12-15)18(24)17-11-21-20-23(19(17)25)8-9-27-20/h2,4,6,8-11,15H,3,5,7,12-13H2,1H3/t15-/m0/s1. The average Bonchev–Trinajstić information content (AvgIpc) is 3.16. The van der Waals surface area contributed by atoms with E-state index in [1.54, 1.807) is 16.5 Å². The number of nitrogens with zero attached hydrogens (tertiary/aromatic N) is 3. The smallest absolute Gasteiger partial charge is 0.271 e. The van der Waals surface area contributed by atoms with Crippen molar-refractivity contribution >= 4 is 22.2 Å². The lowest BCUT2D eigenvalue weighted by Crippen LogP contribution is -2.43. The fourth-order valence-electron chi connectivity index (χ4n) is 3.45. The largest absolute Gasteiger partial charge is 0.493 e. The summed E-state index contributed by atoms with van der Waals surface area (Å²) >= 11 is 1.37. The van der Waals surface area contributed by atoms with Crippen LogP contribution in [0.2, 0.25) is 0 Å². The molecule has 1 saturated heterocycles. The molecule has 0 aliphatic carbocycles. The van der Waals surface area contributed by atoms with E-state index in [-0.39, 0.29) is 22.9 Å². The normalized spacial score (nSPS) is 17.2. The number of hydrogen-bond donors (Lipinski definition) is 0. The van der Waals surface area contributed by atoms with Crippen molar-refractivity contribution in [3.63, 3.8) is 0 Å². The molecule has 4 rings (SSSR count). The molecule has 0 spiro atoms. The first kappa shape index (κ1) is 17.7. The van der Waals surface area contributed by atoms with Crippen LogP contribution in [0.1, 0.15) is 28.8 Å². The number of ether oxygens (including phenoxy) is 1. The SMILES string of the molecule is Cc1cccc(OC[C@H]2CCCN(C(=O)c3cnc4sccn4c3=O)C2)c1. The summed E-state index contributed by atoms with van der Waals surface area (Å²) in [6.07, 6.45) is 4.98. The number of likely N-dealkylation sites (tertiary alicyclic amines) is 1. The summed E-state index contributed by atoms with van der Waals surface area (Å²) in [5.74, 6) is 0.862. The van der Waals surface area contributed by atoms with Crippen LogP contribution in [0.25, 0.3) is 4.96 Å². The van der Waals surface area contributed by atoms with Gasteiger partial charge in [0.1, 0.15) is 11.3 Å². The Morgan fingerprint density at radius 2 is 2.30 bits per heavy atom. The third kappa shape index (κ3) is 3.73. The summed E-state index contributed by atoms with van der Waals surface area (Å²) in [5, 5.41) is 1.79. The second-order valence-corrected chi connectivity index (χ2v) is 7.79. The van der Waals surface area contributed by atoms with E-state index in [1.165, 1.54) is 21.9 Å². The predicted octanol–water partition coefficient (Wildman–Crippen LogP) is 3.00. The summed E-state index contributed by atoms with van der Waals surface area (Å²) in [6.45, 7) is 3.85. The monoisotopic (exact) mass is 383 g/mol. The molecule has 2 aromatic heterocycles. The third-order valence-electron chi connectivity index (χ3n) is 4.85. The van der Waals surface area contributed by atoms with Gasteiger partial charge in [0.25, 0.3) is 11.5 Å². The Balaban J connectivity index is 1.44. The van der Waals surface area contributed by atoms with Gasteiger partial charge in [-0.05, 0) is 37.5 Å². The molecule has 1 amide bonds. The Labute approximate surface area is 161 Å². The van der Waals surface area contributed by atoms with E-state index in [1.807, 2.05) is 31.2 Å². The summed E-state index contributed by atoms with van der Waals surface area (Å²) < 4.78 is 7.35. The highest BCUT2D eigenvalue weighted by atomic mass is 32.1.